The van der Waals surface area contributed by atoms with Crippen LogP contribution >= 0.6 is 0 Å². The predicted octanol–water partition coefficient (Wildman–Crippen LogP) is 6.72. The number of benzene rings is 1. The van der Waals surface area contributed by atoms with E-state index < -0.39 is 0 Å². The summed E-state index contributed by atoms with van der Waals surface area (Å²) in [5.41, 5.74) is 6.85. The van der Waals surface area contributed by atoms with E-state index in [-0.39, 0.29) is 0 Å². The normalized spacial score (nSPS) is 15.2. The van der Waals surface area contributed by atoms with Crippen molar-refractivity contribution in [2.75, 3.05) is 0 Å². The van der Waals surface area contributed by atoms with Crippen LogP contribution in [0, 0.1) is 0 Å². The van der Waals surface area contributed by atoms with Gasteiger partial charge in [-0.1, -0.05) is 51.8 Å². The van der Waals surface area contributed by atoms with E-state index in [1.807, 2.05) is 6.08 Å². The number of aromatic nitrogens is 2. The third kappa shape index (κ3) is 3.95. The van der Waals surface area contributed by atoms with Crippen molar-refractivity contribution < 1.29 is 0 Å². The summed E-state index contributed by atoms with van der Waals surface area (Å²) in [6, 6.07) is 9.14. The van der Waals surface area contributed by atoms with Crippen molar-refractivity contribution in [3.63, 3.8) is 0 Å². The Hall–Kier alpha value is -1.83. The zero-order valence-electron chi connectivity index (χ0n) is 16.8. The van der Waals surface area contributed by atoms with Crippen molar-refractivity contribution in [1.29, 1.82) is 0 Å². The van der Waals surface area contributed by atoms with Gasteiger partial charge in [0.25, 0.3) is 0 Å². The molecule has 1 heterocycles. The highest BCUT2D eigenvalue weighted by atomic mass is 15.3. The van der Waals surface area contributed by atoms with Crippen LogP contribution in [0.15, 0.2) is 36.9 Å². The first kappa shape index (κ1) is 18.9. The third-order valence-electron chi connectivity index (χ3n) is 5.65. The highest BCUT2D eigenvalue weighted by Crippen LogP contribution is 2.40. The van der Waals surface area contributed by atoms with Crippen LogP contribution in [0.2, 0.25) is 0 Å². The van der Waals surface area contributed by atoms with Gasteiger partial charge in [0.2, 0.25) is 0 Å². The van der Waals surface area contributed by atoms with E-state index in [1.165, 1.54) is 60.3 Å². The molecular formula is C24H34N2. The van der Waals surface area contributed by atoms with Gasteiger partial charge in [0.05, 0.1) is 11.4 Å². The molecule has 3 rings (SSSR count). The average Bonchev–Trinajstić information content (AvgIpc) is 3.45. The summed E-state index contributed by atoms with van der Waals surface area (Å²) in [5.74, 6) is 1.41. The second kappa shape index (κ2) is 8.70. The lowest BCUT2D eigenvalue weighted by Gasteiger charge is -2.17. The van der Waals surface area contributed by atoms with Gasteiger partial charge in [-0.25, -0.2) is 4.68 Å². The van der Waals surface area contributed by atoms with Crippen LogP contribution in [0.3, 0.4) is 0 Å². The lowest BCUT2D eigenvalue weighted by atomic mass is 9.88. The topological polar surface area (TPSA) is 17.8 Å². The summed E-state index contributed by atoms with van der Waals surface area (Å²) in [6.45, 7) is 10.8. The summed E-state index contributed by atoms with van der Waals surface area (Å²) in [7, 11) is 0. The Morgan fingerprint density at radius 1 is 1.15 bits per heavy atom. The van der Waals surface area contributed by atoms with Crippen molar-refractivity contribution >= 4 is 0 Å². The highest BCUT2D eigenvalue weighted by molar-refractivity contribution is 5.42. The molecule has 2 aromatic rings. The molecule has 1 fully saturated rings. The van der Waals surface area contributed by atoms with Crippen molar-refractivity contribution in [3.8, 4) is 5.69 Å². The fourth-order valence-corrected chi connectivity index (χ4v) is 4.17. The van der Waals surface area contributed by atoms with E-state index in [0.29, 0.717) is 5.92 Å². The molecule has 1 aliphatic rings. The molecule has 0 radical (unpaired) electrons. The second-order valence-electron chi connectivity index (χ2n) is 7.72. The van der Waals surface area contributed by atoms with Gasteiger partial charge in [-0.05, 0) is 61.6 Å². The first-order valence-electron chi connectivity index (χ1n) is 10.5. The first-order valence-corrected chi connectivity index (χ1v) is 10.5. The largest absolute Gasteiger partial charge is 0.237 e. The Bertz CT molecular complexity index is 719. The van der Waals surface area contributed by atoms with Crippen LogP contribution in [0.1, 0.15) is 93.6 Å². The molecule has 0 bridgehead atoms. The molecule has 1 unspecified atom stereocenters. The van der Waals surface area contributed by atoms with E-state index in [9.17, 15) is 0 Å². The average molecular weight is 351 g/mol. The lowest BCUT2D eigenvalue weighted by molar-refractivity contribution is 0.584. The third-order valence-corrected chi connectivity index (χ3v) is 5.65. The van der Waals surface area contributed by atoms with Crippen molar-refractivity contribution in [3.05, 3.63) is 59.4 Å². The maximum absolute atomic E-state index is 5.08. The van der Waals surface area contributed by atoms with Crippen LogP contribution in [0.5, 0.6) is 0 Å². The van der Waals surface area contributed by atoms with Gasteiger partial charge in [0, 0.05) is 17.7 Å². The maximum Gasteiger partial charge on any atom is 0.0704 e. The van der Waals surface area contributed by atoms with Gasteiger partial charge in [-0.15, -0.1) is 6.58 Å². The molecule has 2 heteroatoms. The number of rotatable bonds is 10. The fourth-order valence-electron chi connectivity index (χ4n) is 4.17. The number of allylic oxidation sites excluding steroid dienone is 1. The highest BCUT2D eigenvalue weighted by Gasteiger charge is 2.25. The van der Waals surface area contributed by atoms with Crippen LogP contribution < -0.4 is 0 Å². The van der Waals surface area contributed by atoms with Crippen LogP contribution in [0.4, 0.5) is 0 Å². The molecule has 0 N–H and O–H groups in total. The van der Waals surface area contributed by atoms with E-state index in [4.69, 9.17) is 5.10 Å². The summed E-state index contributed by atoms with van der Waals surface area (Å²) in [6.07, 6.45) is 11.4. The fraction of sp³-hybridized carbons (Fsp3) is 0.542. The monoisotopic (exact) mass is 350 g/mol. The molecule has 0 saturated heterocycles. The van der Waals surface area contributed by atoms with E-state index >= 15 is 0 Å². The zero-order valence-corrected chi connectivity index (χ0v) is 16.8. The molecule has 140 valence electrons. The number of hydrogen-bond donors (Lipinski definition) is 0. The summed E-state index contributed by atoms with van der Waals surface area (Å²) >= 11 is 0. The summed E-state index contributed by atoms with van der Waals surface area (Å²) in [4.78, 5) is 0. The smallest absolute Gasteiger partial charge is 0.0704 e. The van der Waals surface area contributed by atoms with Crippen molar-refractivity contribution in [1.82, 2.24) is 9.78 Å². The van der Waals surface area contributed by atoms with Gasteiger partial charge in [0.1, 0.15) is 0 Å². The SMILES string of the molecule is C=CCc1nn(-c2ccc(C3CC3)cc2)c(CCC)c1C(CC)CCC. The minimum atomic E-state index is 0.607. The van der Waals surface area contributed by atoms with Crippen molar-refractivity contribution in [2.24, 2.45) is 0 Å². The molecule has 0 aliphatic heterocycles. The van der Waals surface area contributed by atoms with E-state index in [0.717, 1.165) is 25.2 Å². The number of hydrogen-bond acceptors (Lipinski definition) is 1. The van der Waals surface area contributed by atoms with E-state index in [1.54, 1.807) is 0 Å². The van der Waals surface area contributed by atoms with Gasteiger partial charge >= 0.3 is 0 Å². The van der Waals surface area contributed by atoms with Gasteiger partial charge in [-0.3, -0.25) is 0 Å². The maximum atomic E-state index is 5.08. The van der Waals surface area contributed by atoms with Crippen LogP contribution in [0.25, 0.3) is 5.69 Å². The van der Waals surface area contributed by atoms with Gasteiger partial charge < -0.3 is 0 Å². The van der Waals surface area contributed by atoms with Crippen molar-refractivity contribution in [2.45, 2.75) is 84.0 Å². The van der Waals surface area contributed by atoms with Gasteiger partial charge in [-0.2, -0.15) is 5.10 Å². The molecule has 0 amide bonds. The van der Waals surface area contributed by atoms with Crippen LogP contribution in [-0.4, -0.2) is 9.78 Å². The molecule has 26 heavy (non-hydrogen) atoms. The Morgan fingerprint density at radius 3 is 2.42 bits per heavy atom. The Balaban J connectivity index is 2.06. The minimum absolute atomic E-state index is 0.607. The standard InChI is InChI=1S/C24H34N2/c1-5-9-18(8-4)24-22(10-6-2)25-26(23(24)11-7-3)21-16-14-20(15-17-21)19-12-13-19/h6,14-19H,2,5,7-13H2,1,3-4H3. The molecule has 1 aromatic heterocycles. The molecule has 0 spiro atoms. The minimum Gasteiger partial charge on any atom is -0.237 e. The molecule has 1 atom stereocenters. The number of nitrogens with zero attached hydrogens (tertiary/aromatic N) is 2. The first-order chi connectivity index (χ1) is 12.7. The summed E-state index contributed by atoms with van der Waals surface area (Å²) in [5, 5.41) is 5.08. The summed E-state index contributed by atoms with van der Waals surface area (Å²) < 4.78 is 2.23. The molecule has 1 aliphatic carbocycles. The Kier molecular flexibility index (Phi) is 6.34. The molecule has 1 aromatic carbocycles. The zero-order chi connectivity index (χ0) is 18.5. The Labute approximate surface area is 159 Å². The van der Waals surface area contributed by atoms with E-state index in [2.05, 4.69) is 56.3 Å². The second-order valence-corrected chi connectivity index (χ2v) is 7.72. The molecule has 1 saturated carbocycles. The molecular weight excluding hydrogens is 316 g/mol. The quantitative estimate of drug-likeness (QED) is 0.435. The Morgan fingerprint density at radius 2 is 1.88 bits per heavy atom. The van der Waals surface area contributed by atoms with Crippen LogP contribution in [-0.2, 0) is 12.8 Å². The van der Waals surface area contributed by atoms with Gasteiger partial charge in [0.15, 0.2) is 0 Å². The predicted molar refractivity (Wildman–Crippen MR) is 111 cm³/mol. The molecule has 2 nitrogen and oxygen atoms in total. The lowest BCUT2D eigenvalue weighted by Crippen LogP contribution is -2.06.